The van der Waals surface area contributed by atoms with Gasteiger partial charge in [-0.3, -0.25) is 9.78 Å². The van der Waals surface area contributed by atoms with Gasteiger partial charge in [-0.2, -0.15) is 4.99 Å². The summed E-state index contributed by atoms with van der Waals surface area (Å²) in [6, 6.07) is 16.5. The van der Waals surface area contributed by atoms with Crippen LogP contribution in [0.2, 0.25) is 0 Å². The van der Waals surface area contributed by atoms with Gasteiger partial charge in [0.1, 0.15) is 28.8 Å². The van der Waals surface area contributed by atoms with Crippen LogP contribution in [0.15, 0.2) is 83.0 Å². The van der Waals surface area contributed by atoms with Crippen molar-refractivity contribution in [3.63, 3.8) is 0 Å². The molecule has 0 fully saturated rings. The Kier molecular flexibility index (Phi) is 10.3. The third kappa shape index (κ3) is 8.71. The number of carbonyl (C=O) groups is 1. The molecule has 36 heavy (non-hydrogen) atoms. The van der Waals surface area contributed by atoms with Crippen LogP contribution in [0.3, 0.4) is 0 Å². The van der Waals surface area contributed by atoms with Gasteiger partial charge < -0.3 is 25.8 Å². The van der Waals surface area contributed by atoms with E-state index >= 15 is 0 Å². The van der Waals surface area contributed by atoms with Crippen molar-refractivity contribution in [1.82, 2.24) is 15.3 Å². The second-order valence-corrected chi connectivity index (χ2v) is 8.61. The predicted molar refractivity (Wildman–Crippen MR) is 144 cm³/mol. The monoisotopic (exact) mass is 506 g/mol. The number of nitrogens with zero attached hydrogens (tertiary/aromatic N) is 3. The van der Waals surface area contributed by atoms with Crippen molar-refractivity contribution in [2.24, 2.45) is 10.7 Å². The van der Waals surface area contributed by atoms with E-state index < -0.39 is 5.91 Å². The number of nitrogens with one attached hydrogen (secondary N) is 2. The fraction of sp³-hybridized carbons (Fsp3) is 0.231. The van der Waals surface area contributed by atoms with Gasteiger partial charge in [0.15, 0.2) is 0 Å². The van der Waals surface area contributed by atoms with Crippen LogP contribution in [0, 0.1) is 0 Å². The maximum absolute atomic E-state index is 12.9. The quantitative estimate of drug-likeness (QED) is 0.188. The number of anilines is 1. The summed E-state index contributed by atoms with van der Waals surface area (Å²) in [5.74, 6) is 0.989. The molecule has 0 aliphatic carbocycles. The summed E-state index contributed by atoms with van der Waals surface area (Å²) in [7, 11) is 1.62. The Morgan fingerprint density at radius 3 is 2.69 bits per heavy atom. The van der Waals surface area contributed by atoms with Crippen LogP contribution in [0.1, 0.15) is 23.1 Å². The zero-order valence-electron chi connectivity index (χ0n) is 20.5. The highest BCUT2D eigenvalue weighted by molar-refractivity contribution is 7.98. The molecule has 188 valence electrons. The molecule has 4 N–H and O–H groups in total. The Hall–Kier alpha value is -3.89. The molecule has 0 aliphatic rings. The van der Waals surface area contributed by atoms with Crippen molar-refractivity contribution in [2.45, 2.75) is 24.4 Å². The molecule has 2 aromatic heterocycles. The van der Waals surface area contributed by atoms with Crippen LogP contribution in [0.25, 0.3) is 0 Å². The lowest BCUT2D eigenvalue weighted by atomic mass is 10.3. The maximum atomic E-state index is 12.9. The Labute approximate surface area is 215 Å². The van der Waals surface area contributed by atoms with Crippen LogP contribution in [-0.2, 0) is 11.3 Å². The lowest BCUT2D eigenvalue weighted by Gasteiger charge is -2.15. The first-order valence-electron chi connectivity index (χ1n) is 11.2. The molecule has 1 aromatic carbocycles. The van der Waals surface area contributed by atoms with Crippen molar-refractivity contribution in [3.8, 4) is 11.5 Å². The van der Waals surface area contributed by atoms with E-state index in [1.165, 1.54) is 12.1 Å². The second-order valence-electron chi connectivity index (χ2n) is 7.73. The van der Waals surface area contributed by atoms with Crippen molar-refractivity contribution in [2.75, 3.05) is 25.3 Å². The van der Waals surface area contributed by atoms with Crippen LogP contribution in [0.5, 0.6) is 11.5 Å². The van der Waals surface area contributed by atoms with E-state index in [4.69, 9.17) is 15.2 Å². The van der Waals surface area contributed by atoms with Crippen LogP contribution in [0.4, 0.5) is 5.82 Å². The van der Waals surface area contributed by atoms with E-state index in [0.717, 1.165) is 10.6 Å². The SMILES string of the molecule is COCC(C)Nc1cc(Oc2ccc(SC)cc2)cc(C(=O)N=C(N)/C=C\NCc2ccccn2)n1. The highest BCUT2D eigenvalue weighted by Crippen LogP contribution is 2.27. The molecular weight excluding hydrogens is 476 g/mol. The number of hydrogen-bond acceptors (Lipinski definition) is 8. The third-order valence-electron chi connectivity index (χ3n) is 4.74. The number of benzene rings is 1. The minimum atomic E-state index is -0.590. The fourth-order valence-electron chi connectivity index (χ4n) is 3.09. The molecule has 1 atom stereocenters. The molecule has 0 bridgehead atoms. The number of ether oxygens (including phenoxy) is 2. The smallest absolute Gasteiger partial charge is 0.297 e. The summed E-state index contributed by atoms with van der Waals surface area (Å²) in [5.41, 5.74) is 6.90. The minimum absolute atomic E-state index is 0.0385. The standard InChI is InChI=1S/C26H30N6O3S/c1-18(17-34-2)30-25-15-21(35-20-7-9-22(36-3)10-8-20)14-23(31-25)26(33)32-24(27)11-13-28-16-19-6-4-5-12-29-19/h4-15,18,28H,16-17H2,1-3H3,(H,30,31)(H2,27,32,33)/b13-11-. The van der Waals surface area contributed by atoms with Crippen LogP contribution >= 0.6 is 11.8 Å². The average molecular weight is 507 g/mol. The van der Waals surface area contributed by atoms with Gasteiger partial charge in [0.05, 0.1) is 18.8 Å². The minimum Gasteiger partial charge on any atom is -0.457 e. The summed E-state index contributed by atoms with van der Waals surface area (Å²) in [5, 5.41) is 6.27. The van der Waals surface area contributed by atoms with Crippen LogP contribution < -0.4 is 21.1 Å². The molecule has 0 saturated carbocycles. The molecule has 3 rings (SSSR count). The molecule has 2 heterocycles. The van der Waals surface area contributed by atoms with Crippen LogP contribution in [-0.4, -0.2) is 47.7 Å². The number of thioether (sulfide) groups is 1. The van der Waals surface area contributed by atoms with Gasteiger partial charge in [0, 0.05) is 42.6 Å². The highest BCUT2D eigenvalue weighted by atomic mass is 32.2. The van der Waals surface area contributed by atoms with E-state index in [2.05, 4.69) is 25.6 Å². The van der Waals surface area contributed by atoms with Crippen molar-refractivity contribution >= 4 is 29.3 Å². The fourth-order valence-corrected chi connectivity index (χ4v) is 3.50. The van der Waals surface area contributed by atoms with E-state index in [1.54, 1.807) is 37.3 Å². The molecule has 0 aliphatic heterocycles. The first-order chi connectivity index (χ1) is 17.5. The molecule has 1 unspecified atom stereocenters. The molecular formula is C26H30N6O3S. The number of amides is 1. The molecule has 0 radical (unpaired) electrons. The zero-order chi connectivity index (χ0) is 25.8. The molecule has 3 aromatic rings. The Morgan fingerprint density at radius 1 is 1.19 bits per heavy atom. The summed E-state index contributed by atoms with van der Waals surface area (Å²) in [6.45, 7) is 2.93. The Morgan fingerprint density at radius 2 is 2.00 bits per heavy atom. The van der Waals surface area contributed by atoms with Gasteiger partial charge in [0.2, 0.25) is 0 Å². The van der Waals surface area contributed by atoms with E-state index in [-0.39, 0.29) is 17.6 Å². The maximum Gasteiger partial charge on any atom is 0.297 e. The number of methoxy groups -OCH3 is 1. The number of aromatic nitrogens is 2. The Balaban J connectivity index is 1.75. The summed E-state index contributed by atoms with van der Waals surface area (Å²) in [4.78, 5) is 26.6. The van der Waals surface area contributed by atoms with Gasteiger partial charge in [-0.15, -0.1) is 11.8 Å². The lowest BCUT2D eigenvalue weighted by Crippen LogP contribution is -2.22. The topological polar surface area (TPSA) is 124 Å². The number of rotatable bonds is 12. The Bertz CT molecular complexity index is 1190. The van der Waals surface area contributed by atoms with E-state index in [1.807, 2.05) is 55.6 Å². The van der Waals surface area contributed by atoms with Gasteiger partial charge in [-0.1, -0.05) is 6.07 Å². The number of amidine groups is 1. The molecule has 0 saturated heterocycles. The zero-order valence-corrected chi connectivity index (χ0v) is 21.3. The van der Waals surface area contributed by atoms with E-state index in [9.17, 15) is 4.79 Å². The predicted octanol–water partition coefficient (Wildman–Crippen LogP) is 4.24. The normalized spacial score (nSPS) is 12.4. The average Bonchev–Trinajstić information content (AvgIpc) is 2.87. The number of carbonyl (C=O) groups excluding carboxylic acids is 1. The number of aliphatic imine (C=N–C) groups is 1. The van der Waals surface area contributed by atoms with Crippen molar-refractivity contribution < 1.29 is 14.3 Å². The number of pyridine rings is 2. The largest absolute Gasteiger partial charge is 0.457 e. The van der Waals surface area contributed by atoms with Gasteiger partial charge in [-0.05, 0) is 55.7 Å². The van der Waals surface area contributed by atoms with E-state index in [0.29, 0.717) is 30.5 Å². The highest BCUT2D eigenvalue weighted by Gasteiger charge is 2.13. The first-order valence-corrected chi connectivity index (χ1v) is 12.5. The van der Waals surface area contributed by atoms with Gasteiger partial charge >= 0.3 is 0 Å². The summed E-state index contributed by atoms with van der Waals surface area (Å²) >= 11 is 1.64. The van der Waals surface area contributed by atoms with Crippen molar-refractivity contribution in [1.29, 1.82) is 0 Å². The van der Waals surface area contributed by atoms with Crippen molar-refractivity contribution in [3.05, 3.63) is 84.5 Å². The summed E-state index contributed by atoms with van der Waals surface area (Å²) in [6.07, 6.45) is 6.85. The second kappa shape index (κ2) is 13.9. The molecule has 10 heteroatoms. The third-order valence-corrected chi connectivity index (χ3v) is 5.48. The summed E-state index contributed by atoms with van der Waals surface area (Å²) < 4.78 is 11.2. The first kappa shape index (κ1) is 26.7. The molecule has 1 amide bonds. The number of nitrogens with two attached hydrogens (primary N) is 1. The number of hydrogen-bond donors (Lipinski definition) is 3. The lowest BCUT2D eigenvalue weighted by molar-refractivity contribution is 0.0998. The van der Waals surface area contributed by atoms with Gasteiger partial charge in [0.25, 0.3) is 5.91 Å². The molecule has 0 spiro atoms. The molecule has 9 nitrogen and oxygen atoms in total. The van der Waals surface area contributed by atoms with Gasteiger partial charge in [-0.25, -0.2) is 4.98 Å².